The summed E-state index contributed by atoms with van der Waals surface area (Å²) in [6.45, 7) is 1.32. The summed E-state index contributed by atoms with van der Waals surface area (Å²) >= 11 is 6.05. The minimum absolute atomic E-state index is 0.0527. The number of aromatic hydroxyl groups is 2. The van der Waals surface area contributed by atoms with Crippen LogP contribution in [0.2, 0.25) is 5.02 Å². The highest BCUT2D eigenvalue weighted by Crippen LogP contribution is 2.34. The Balaban J connectivity index is 1.48. The van der Waals surface area contributed by atoms with Crippen molar-refractivity contribution in [2.24, 2.45) is 5.92 Å². The molecule has 0 bridgehead atoms. The van der Waals surface area contributed by atoms with E-state index >= 15 is 0 Å². The smallest absolute Gasteiger partial charge is 0.305 e. The number of hydrogen-bond acceptors (Lipinski definition) is 5. The summed E-state index contributed by atoms with van der Waals surface area (Å²) in [5.41, 5.74) is 1.57. The Morgan fingerprint density at radius 1 is 1.11 bits per heavy atom. The molecule has 1 aliphatic rings. The van der Waals surface area contributed by atoms with Crippen molar-refractivity contribution in [3.63, 3.8) is 0 Å². The summed E-state index contributed by atoms with van der Waals surface area (Å²) in [5, 5.41) is 29.6. The van der Waals surface area contributed by atoms with Gasteiger partial charge in [-0.3, -0.25) is 14.3 Å². The lowest BCUT2D eigenvalue weighted by atomic mass is 9.84. The van der Waals surface area contributed by atoms with Crippen LogP contribution in [-0.4, -0.2) is 43.9 Å². The topological polar surface area (TPSA) is 95.2 Å². The summed E-state index contributed by atoms with van der Waals surface area (Å²) in [7, 11) is 0. The van der Waals surface area contributed by atoms with E-state index in [1.54, 1.807) is 24.3 Å². The molecule has 1 heterocycles. The Hall–Kier alpha value is -3.23. The summed E-state index contributed by atoms with van der Waals surface area (Å²) in [4.78, 5) is 13.9. The molecule has 7 nitrogen and oxygen atoms in total. The van der Waals surface area contributed by atoms with Gasteiger partial charge < -0.3 is 20.1 Å². The molecule has 9 heteroatoms. The van der Waals surface area contributed by atoms with Crippen LogP contribution in [0.1, 0.15) is 42.9 Å². The zero-order valence-electron chi connectivity index (χ0n) is 19.8. The number of aliphatic carboxylic acids is 1. The molecule has 0 spiro atoms. The zero-order chi connectivity index (χ0) is 25.7. The highest BCUT2D eigenvalue weighted by Gasteiger charge is 2.28. The summed E-state index contributed by atoms with van der Waals surface area (Å²) < 4.78 is 21.7. The maximum atomic E-state index is 14.9. The normalized spacial score (nSPS) is 14.5. The summed E-state index contributed by atoms with van der Waals surface area (Å²) in [5.74, 6) is -1.08. The molecule has 1 aromatic heterocycles. The van der Waals surface area contributed by atoms with Gasteiger partial charge in [0.15, 0.2) is 23.3 Å². The Kier molecular flexibility index (Phi) is 8.38. The average molecular weight is 517 g/mol. The summed E-state index contributed by atoms with van der Waals surface area (Å²) in [6, 6.07) is 14.3. The Morgan fingerprint density at radius 2 is 1.81 bits per heavy atom. The lowest BCUT2D eigenvalue weighted by molar-refractivity contribution is -0.138. The van der Waals surface area contributed by atoms with E-state index in [2.05, 4.69) is 4.90 Å². The van der Waals surface area contributed by atoms with E-state index in [4.69, 9.17) is 16.3 Å². The molecule has 0 saturated heterocycles. The fraction of sp³-hybridized carbons (Fsp3) is 0.370. The fourth-order valence-corrected chi connectivity index (χ4v) is 4.66. The second-order valence-electron chi connectivity index (χ2n) is 9.21. The monoisotopic (exact) mass is 516 g/mol. The van der Waals surface area contributed by atoms with Crippen LogP contribution in [0.3, 0.4) is 0 Å². The SMILES string of the molecule is O=C(O)CC(c1ccc(Cl)cc1)N(Cc1ccc(OCCn2c(O)ccc2O)c(F)c1)CC1CCC1. The van der Waals surface area contributed by atoms with Gasteiger partial charge in [-0.05, 0) is 54.2 Å². The van der Waals surface area contributed by atoms with Crippen molar-refractivity contribution >= 4 is 17.6 Å². The van der Waals surface area contributed by atoms with E-state index in [0.717, 1.165) is 24.9 Å². The number of carboxylic acid groups (broad SMARTS) is 1. The molecule has 36 heavy (non-hydrogen) atoms. The molecule has 3 aromatic rings. The first kappa shape index (κ1) is 25.9. The van der Waals surface area contributed by atoms with Crippen LogP contribution >= 0.6 is 11.6 Å². The largest absolute Gasteiger partial charge is 0.494 e. The molecule has 1 fully saturated rings. The van der Waals surface area contributed by atoms with Crippen LogP contribution in [0, 0.1) is 11.7 Å². The van der Waals surface area contributed by atoms with E-state index in [1.165, 1.54) is 29.2 Å². The van der Waals surface area contributed by atoms with Gasteiger partial charge in [-0.25, -0.2) is 4.39 Å². The number of benzene rings is 2. The molecular formula is C27H30ClFN2O5. The van der Waals surface area contributed by atoms with Gasteiger partial charge in [0.1, 0.15) is 6.61 Å². The van der Waals surface area contributed by atoms with E-state index in [-0.39, 0.29) is 43.1 Å². The number of aromatic nitrogens is 1. The third kappa shape index (κ3) is 6.50. The van der Waals surface area contributed by atoms with Crippen molar-refractivity contribution in [1.82, 2.24) is 9.47 Å². The number of carboxylic acids is 1. The van der Waals surface area contributed by atoms with Gasteiger partial charge in [0.2, 0.25) is 0 Å². The third-order valence-corrected chi connectivity index (χ3v) is 6.92. The Labute approximate surface area is 214 Å². The first-order chi connectivity index (χ1) is 17.3. The highest BCUT2D eigenvalue weighted by atomic mass is 35.5. The van der Waals surface area contributed by atoms with Crippen molar-refractivity contribution in [2.45, 2.75) is 44.8 Å². The second-order valence-corrected chi connectivity index (χ2v) is 9.64. The van der Waals surface area contributed by atoms with E-state index < -0.39 is 11.8 Å². The molecule has 1 unspecified atom stereocenters. The lowest BCUT2D eigenvalue weighted by Gasteiger charge is -2.37. The number of nitrogens with zero attached hydrogens (tertiary/aromatic N) is 2. The number of carbonyl (C=O) groups is 1. The quantitative estimate of drug-likeness (QED) is 0.290. The van der Waals surface area contributed by atoms with Crippen molar-refractivity contribution in [2.75, 3.05) is 13.2 Å². The molecule has 3 N–H and O–H groups in total. The minimum Gasteiger partial charge on any atom is -0.494 e. The molecule has 4 rings (SSSR count). The average Bonchev–Trinajstić information content (AvgIpc) is 3.13. The molecular weight excluding hydrogens is 487 g/mol. The van der Waals surface area contributed by atoms with Crippen LogP contribution in [0.4, 0.5) is 4.39 Å². The van der Waals surface area contributed by atoms with Crippen molar-refractivity contribution in [3.8, 4) is 17.5 Å². The number of halogens is 2. The van der Waals surface area contributed by atoms with Gasteiger partial charge in [0, 0.05) is 36.3 Å². The van der Waals surface area contributed by atoms with Crippen LogP contribution in [0.15, 0.2) is 54.6 Å². The molecule has 1 atom stereocenters. The van der Waals surface area contributed by atoms with Gasteiger partial charge in [-0.15, -0.1) is 0 Å². The van der Waals surface area contributed by atoms with E-state index in [9.17, 15) is 24.5 Å². The molecule has 0 amide bonds. The zero-order valence-corrected chi connectivity index (χ0v) is 20.6. The highest BCUT2D eigenvalue weighted by molar-refractivity contribution is 6.30. The maximum Gasteiger partial charge on any atom is 0.305 e. The lowest BCUT2D eigenvalue weighted by Crippen LogP contribution is -2.36. The van der Waals surface area contributed by atoms with E-state index in [0.29, 0.717) is 23.0 Å². The molecule has 1 saturated carbocycles. The predicted octanol–water partition coefficient (Wildman–Crippen LogP) is 5.59. The number of hydrogen-bond donors (Lipinski definition) is 3. The molecule has 0 radical (unpaired) electrons. The maximum absolute atomic E-state index is 14.9. The molecule has 2 aromatic carbocycles. The molecule has 1 aliphatic carbocycles. The van der Waals surface area contributed by atoms with Gasteiger partial charge in [0.05, 0.1) is 13.0 Å². The van der Waals surface area contributed by atoms with E-state index in [1.807, 2.05) is 12.1 Å². The van der Waals surface area contributed by atoms with Crippen molar-refractivity contribution in [1.29, 1.82) is 0 Å². The van der Waals surface area contributed by atoms with Gasteiger partial charge in [-0.1, -0.05) is 36.2 Å². The molecule has 0 aliphatic heterocycles. The van der Waals surface area contributed by atoms with Crippen molar-refractivity contribution in [3.05, 3.63) is 76.6 Å². The first-order valence-electron chi connectivity index (χ1n) is 12.0. The standard InChI is InChI=1S/C27H30ClFN2O5/c28-21-7-5-20(6-8-21)23(15-27(34)35)30(16-18-2-1-3-18)17-19-4-9-24(22(29)14-19)36-13-12-31-25(32)10-11-26(31)33/h4-11,14,18,23,32-33H,1-3,12-13,15-17H2,(H,34,35). The number of ether oxygens (including phenoxy) is 1. The van der Waals surface area contributed by atoms with Crippen LogP contribution in [-0.2, 0) is 17.9 Å². The van der Waals surface area contributed by atoms with Crippen LogP contribution in [0.25, 0.3) is 0 Å². The van der Waals surface area contributed by atoms with Crippen molar-refractivity contribution < 1.29 is 29.2 Å². The van der Waals surface area contributed by atoms with Crippen LogP contribution in [0.5, 0.6) is 17.5 Å². The Morgan fingerprint density at radius 3 is 2.39 bits per heavy atom. The molecule has 192 valence electrons. The third-order valence-electron chi connectivity index (χ3n) is 6.67. The minimum atomic E-state index is -0.900. The van der Waals surface area contributed by atoms with Crippen LogP contribution < -0.4 is 4.74 Å². The fourth-order valence-electron chi connectivity index (χ4n) is 4.53. The van der Waals surface area contributed by atoms with Gasteiger partial charge in [-0.2, -0.15) is 0 Å². The second kappa shape index (κ2) is 11.7. The number of rotatable bonds is 12. The Bertz CT molecular complexity index is 1160. The first-order valence-corrected chi connectivity index (χ1v) is 12.4. The summed E-state index contributed by atoms with van der Waals surface area (Å²) in [6.07, 6.45) is 3.30. The predicted molar refractivity (Wildman–Crippen MR) is 134 cm³/mol. The van der Waals surface area contributed by atoms with Gasteiger partial charge >= 0.3 is 5.97 Å². The van der Waals surface area contributed by atoms with Gasteiger partial charge in [0.25, 0.3) is 0 Å².